The molecular formula is C25H20BrNO5. The Balaban J connectivity index is 1.96. The molecule has 7 heteroatoms. The topological polar surface area (TPSA) is 87.1 Å². The molecule has 1 fully saturated rings. The number of ketones is 1. The molecule has 0 bridgehead atoms. The highest BCUT2D eigenvalue weighted by Crippen LogP contribution is 2.45. The molecule has 4 rings (SSSR count). The fourth-order valence-electron chi connectivity index (χ4n) is 3.80. The zero-order valence-corrected chi connectivity index (χ0v) is 19.0. The first kappa shape index (κ1) is 21.6. The molecule has 32 heavy (non-hydrogen) atoms. The van der Waals surface area contributed by atoms with Crippen LogP contribution in [0.15, 0.2) is 76.8 Å². The SMILES string of the molecule is COc1ccc(C2/C(=C(/O)c3ccc(Br)c(C)c3)C(=O)C(=O)N2c2ccccc2O)cc1. The second kappa shape index (κ2) is 8.51. The highest BCUT2D eigenvalue weighted by Gasteiger charge is 2.47. The van der Waals surface area contributed by atoms with Crippen molar-refractivity contribution in [1.82, 2.24) is 0 Å². The summed E-state index contributed by atoms with van der Waals surface area (Å²) in [5.41, 5.74) is 2.00. The quantitative estimate of drug-likeness (QED) is 0.300. The number of para-hydroxylation sites is 2. The van der Waals surface area contributed by atoms with E-state index in [0.717, 1.165) is 10.0 Å². The molecule has 3 aromatic rings. The summed E-state index contributed by atoms with van der Waals surface area (Å²) in [7, 11) is 1.54. The second-order valence-corrected chi connectivity index (χ2v) is 8.25. The van der Waals surface area contributed by atoms with Crippen LogP contribution in [0.5, 0.6) is 11.5 Å². The van der Waals surface area contributed by atoms with Crippen molar-refractivity contribution in [2.24, 2.45) is 0 Å². The van der Waals surface area contributed by atoms with Gasteiger partial charge in [-0.05, 0) is 54.4 Å². The van der Waals surface area contributed by atoms with Crippen LogP contribution in [0.3, 0.4) is 0 Å². The number of rotatable bonds is 4. The molecule has 1 saturated heterocycles. The minimum absolute atomic E-state index is 0.0508. The van der Waals surface area contributed by atoms with Crippen molar-refractivity contribution in [2.75, 3.05) is 12.0 Å². The molecule has 1 amide bonds. The van der Waals surface area contributed by atoms with E-state index >= 15 is 0 Å². The van der Waals surface area contributed by atoms with Gasteiger partial charge in [-0.1, -0.05) is 46.3 Å². The molecule has 0 aliphatic carbocycles. The van der Waals surface area contributed by atoms with E-state index in [1.54, 1.807) is 67.8 Å². The lowest BCUT2D eigenvalue weighted by Gasteiger charge is -2.26. The fraction of sp³-hybridized carbons (Fsp3) is 0.120. The van der Waals surface area contributed by atoms with Crippen LogP contribution in [0.25, 0.3) is 5.76 Å². The largest absolute Gasteiger partial charge is 0.507 e. The molecule has 1 heterocycles. The van der Waals surface area contributed by atoms with Crippen molar-refractivity contribution < 1.29 is 24.5 Å². The molecule has 0 aromatic heterocycles. The molecule has 0 radical (unpaired) electrons. The number of benzene rings is 3. The predicted molar refractivity (Wildman–Crippen MR) is 125 cm³/mol. The van der Waals surface area contributed by atoms with E-state index in [1.165, 1.54) is 11.0 Å². The van der Waals surface area contributed by atoms with Crippen LogP contribution in [-0.4, -0.2) is 29.0 Å². The Morgan fingerprint density at radius 2 is 1.72 bits per heavy atom. The maximum atomic E-state index is 13.1. The Hall–Kier alpha value is -3.58. The molecule has 1 atom stereocenters. The Kier molecular flexibility index (Phi) is 5.76. The summed E-state index contributed by atoms with van der Waals surface area (Å²) in [6.07, 6.45) is 0. The number of hydrogen-bond donors (Lipinski definition) is 2. The third kappa shape index (κ3) is 3.65. The van der Waals surface area contributed by atoms with Crippen LogP contribution >= 0.6 is 15.9 Å². The Bertz CT molecular complexity index is 1250. The van der Waals surface area contributed by atoms with E-state index in [1.807, 2.05) is 6.92 Å². The van der Waals surface area contributed by atoms with Gasteiger partial charge in [0, 0.05) is 10.0 Å². The van der Waals surface area contributed by atoms with Crippen molar-refractivity contribution in [3.63, 3.8) is 0 Å². The number of aryl methyl sites for hydroxylation is 1. The van der Waals surface area contributed by atoms with Gasteiger partial charge in [0.2, 0.25) is 0 Å². The average Bonchev–Trinajstić information content (AvgIpc) is 3.06. The first-order valence-corrected chi connectivity index (χ1v) is 10.6. The van der Waals surface area contributed by atoms with E-state index < -0.39 is 17.7 Å². The molecule has 0 saturated carbocycles. The number of aliphatic hydroxyl groups is 1. The van der Waals surface area contributed by atoms with Crippen LogP contribution in [-0.2, 0) is 9.59 Å². The van der Waals surface area contributed by atoms with Crippen molar-refractivity contribution in [3.8, 4) is 11.5 Å². The number of hydrogen-bond acceptors (Lipinski definition) is 5. The smallest absolute Gasteiger partial charge is 0.300 e. The summed E-state index contributed by atoms with van der Waals surface area (Å²) in [6, 6.07) is 17.4. The minimum Gasteiger partial charge on any atom is -0.507 e. The van der Waals surface area contributed by atoms with Crippen molar-refractivity contribution in [1.29, 1.82) is 0 Å². The Morgan fingerprint density at radius 3 is 2.34 bits per heavy atom. The van der Waals surface area contributed by atoms with E-state index in [-0.39, 0.29) is 22.8 Å². The molecule has 3 aromatic carbocycles. The number of methoxy groups -OCH3 is 1. The maximum absolute atomic E-state index is 13.1. The number of carbonyl (C=O) groups excluding carboxylic acids is 2. The molecule has 0 spiro atoms. The van der Waals surface area contributed by atoms with Gasteiger partial charge in [0.25, 0.3) is 11.7 Å². The van der Waals surface area contributed by atoms with E-state index in [2.05, 4.69) is 15.9 Å². The summed E-state index contributed by atoms with van der Waals surface area (Å²) < 4.78 is 6.08. The number of Topliss-reactive ketones (excluding diaryl/α,β-unsaturated/α-hetero) is 1. The van der Waals surface area contributed by atoms with Gasteiger partial charge in [-0.3, -0.25) is 14.5 Å². The van der Waals surface area contributed by atoms with Crippen molar-refractivity contribution in [3.05, 3.63) is 93.5 Å². The Labute approximate surface area is 193 Å². The summed E-state index contributed by atoms with van der Waals surface area (Å²) in [5, 5.41) is 21.6. The van der Waals surface area contributed by atoms with E-state index in [4.69, 9.17) is 4.74 Å². The summed E-state index contributed by atoms with van der Waals surface area (Å²) in [6.45, 7) is 1.86. The van der Waals surface area contributed by atoms with Crippen molar-refractivity contribution >= 4 is 39.1 Å². The highest BCUT2D eigenvalue weighted by molar-refractivity contribution is 9.10. The monoisotopic (exact) mass is 493 g/mol. The number of ether oxygens (including phenoxy) is 1. The summed E-state index contributed by atoms with van der Waals surface area (Å²) in [5.74, 6) is -1.48. The van der Waals surface area contributed by atoms with Gasteiger partial charge in [0.05, 0.1) is 24.4 Å². The molecule has 162 valence electrons. The van der Waals surface area contributed by atoms with Gasteiger partial charge in [0.1, 0.15) is 17.3 Å². The first-order valence-electron chi connectivity index (χ1n) is 9.83. The number of carbonyl (C=O) groups is 2. The predicted octanol–water partition coefficient (Wildman–Crippen LogP) is 5.10. The normalized spacial score (nSPS) is 17.6. The molecular weight excluding hydrogens is 474 g/mol. The standard InChI is InChI=1S/C25H20BrNO5/c1-14-13-16(9-12-18(14)26)23(29)21-22(15-7-10-17(32-2)11-8-15)27(25(31)24(21)30)19-5-3-4-6-20(19)28/h3-13,22,28-29H,1-2H3/b23-21-. The van der Waals surface area contributed by atoms with Crippen LogP contribution in [0.4, 0.5) is 5.69 Å². The lowest BCUT2D eigenvalue weighted by molar-refractivity contribution is -0.132. The van der Waals surface area contributed by atoms with Gasteiger partial charge < -0.3 is 14.9 Å². The number of phenols is 1. The molecule has 1 aliphatic heterocycles. The zero-order valence-electron chi connectivity index (χ0n) is 17.4. The van der Waals surface area contributed by atoms with Gasteiger partial charge in [-0.2, -0.15) is 0 Å². The number of amides is 1. The first-order chi connectivity index (χ1) is 15.3. The zero-order chi connectivity index (χ0) is 23.0. The lowest BCUT2D eigenvalue weighted by Crippen LogP contribution is -2.29. The van der Waals surface area contributed by atoms with E-state index in [0.29, 0.717) is 16.9 Å². The molecule has 1 aliphatic rings. The van der Waals surface area contributed by atoms with Gasteiger partial charge in [-0.15, -0.1) is 0 Å². The number of halogens is 1. The molecule has 2 N–H and O–H groups in total. The summed E-state index contributed by atoms with van der Waals surface area (Å²) in [4.78, 5) is 27.5. The molecule has 6 nitrogen and oxygen atoms in total. The number of anilines is 1. The van der Waals surface area contributed by atoms with Crippen LogP contribution in [0.1, 0.15) is 22.7 Å². The minimum atomic E-state index is -0.932. The lowest BCUT2D eigenvalue weighted by atomic mass is 9.94. The van der Waals surface area contributed by atoms with Crippen LogP contribution in [0.2, 0.25) is 0 Å². The summed E-state index contributed by atoms with van der Waals surface area (Å²) >= 11 is 3.43. The van der Waals surface area contributed by atoms with Crippen molar-refractivity contribution in [2.45, 2.75) is 13.0 Å². The van der Waals surface area contributed by atoms with Gasteiger partial charge in [-0.25, -0.2) is 0 Å². The second-order valence-electron chi connectivity index (χ2n) is 7.39. The third-order valence-electron chi connectivity index (χ3n) is 5.45. The van der Waals surface area contributed by atoms with Crippen LogP contribution in [0, 0.1) is 6.92 Å². The van der Waals surface area contributed by atoms with E-state index in [9.17, 15) is 19.8 Å². The van der Waals surface area contributed by atoms with Gasteiger partial charge in [0.15, 0.2) is 0 Å². The number of phenolic OH excluding ortho intramolecular Hbond substituents is 1. The molecule has 1 unspecified atom stereocenters. The Morgan fingerprint density at radius 1 is 1.03 bits per heavy atom. The highest BCUT2D eigenvalue weighted by atomic mass is 79.9. The van der Waals surface area contributed by atoms with Crippen LogP contribution < -0.4 is 9.64 Å². The van der Waals surface area contributed by atoms with Gasteiger partial charge >= 0.3 is 0 Å². The fourth-order valence-corrected chi connectivity index (χ4v) is 4.04. The third-order valence-corrected chi connectivity index (χ3v) is 6.34. The number of nitrogens with zero attached hydrogens (tertiary/aromatic N) is 1. The number of aromatic hydroxyl groups is 1. The number of aliphatic hydroxyl groups excluding tert-OH is 1. The maximum Gasteiger partial charge on any atom is 0.300 e. The average molecular weight is 494 g/mol.